The summed E-state index contributed by atoms with van der Waals surface area (Å²) in [4.78, 5) is 2.40. The quantitative estimate of drug-likeness (QED) is 0.168. The minimum absolute atomic E-state index is 0.876. The Kier molecular flexibility index (Phi) is 7.78. The molecule has 13 aromatic rings. The Hall–Kier alpha value is -7.92. The highest BCUT2D eigenvalue weighted by Gasteiger charge is 2.21. The molecule has 0 unspecified atom stereocenters. The van der Waals surface area contributed by atoms with Gasteiger partial charge >= 0.3 is 0 Å². The van der Waals surface area contributed by atoms with Gasteiger partial charge in [0.15, 0.2) is 0 Å². The molecule has 3 aromatic heterocycles. The summed E-state index contributed by atoms with van der Waals surface area (Å²) in [7, 11) is 0. The molecule has 0 saturated heterocycles. The highest BCUT2D eigenvalue weighted by Crippen LogP contribution is 2.47. The first-order valence-corrected chi connectivity index (χ1v) is 21.8. The van der Waals surface area contributed by atoms with Gasteiger partial charge < -0.3 is 13.7 Å². The molecule has 62 heavy (non-hydrogen) atoms. The van der Waals surface area contributed by atoms with Gasteiger partial charge in [0.05, 0.1) is 5.69 Å². The zero-order chi connectivity index (χ0) is 40.7. The molecule has 0 atom stereocenters. The monoisotopic (exact) mass is 809 g/mol. The maximum absolute atomic E-state index is 6.58. The molecular weight excluding hydrogens is 775 g/mol. The van der Waals surface area contributed by atoms with Crippen LogP contribution in [0.3, 0.4) is 0 Å². The number of fused-ring (bicyclic) bond motifs is 10. The smallest absolute Gasteiger partial charge is 0.136 e. The Bertz CT molecular complexity index is 3870. The van der Waals surface area contributed by atoms with Crippen molar-refractivity contribution in [1.82, 2.24) is 0 Å². The fraction of sp³-hybridized carbons (Fsp3) is 0. The molecule has 0 amide bonds. The van der Waals surface area contributed by atoms with E-state index in [1.54, 1.807) is 0 Å². The number of hydrogen-bond acceptors (Lipinski definition) is 4. The summed E-state index contributed by atoms with van der Waals surface area (Å²) in [6.45, 7) is 0. The molecule has 3 nitrogen and oxygen atoms in total. The Balaban J connectivity index is 0.973. The minimum Gasteiger partial charge on any atom is -0.456 e. The van der Waals surface area contributed by atoms with E-state index in [2.05, 4.69) is 205 Å². The van der Waals surface area contributed by atoms with Gasteiger partial charge in [0.1, 0.15) is 22.3 Å². The second-order valence-electron chi connectivity index (χ2n) is 16.0. The van der Waals surface area contributed by atoms with Crippen molar-refractivity contribution in [3.05, 3.63) is 212 Å². The van der Waals surface area contributed by atoms with Crippen LogP contribution in [0, 0.1) is 0 Å². The third-order valence-corrected chi connectivity index (χ3v) is 13.7. The van der Waals surface area contributed by atoms with Crippen molar-refractivity contribution in [3.8, 4) is 33.4 Å². The molecule has 0 aliphatic heterocycles. The van der Waals surface area contributed by atoms with Gasteiger partial charge in [0.2, 0.25) is 0 Å². The Morgan fingerprint density at radius 1 is 0.339 bits per heavy atom. The normalized spacial score (nSPS) is 11.9. The summed E-state index contributed by atoms with van der Waals surface area (Å²) in [6, 6.07) is 76.3. The summed E-state index contributed by atoms with van der Waals surface area (Å²) >= 11 is 1.87. The van der Waals surface area contributed by atoms with Crippen LogP contribution in [0.25, 0.3) is 108 Å². The first-order valence-electron chi connectivity index (χ1n) is 21.0. The molecule has 0 radical (unpaired) electrons. The first kappa shape index (κ1) is 34.9. The number of furan rings is 2. The number of anilines is 3. The summed E-state index contributed by atoms with van der Waals surface area (Å²) < 4.78 is 15.4. The Labute approximate surface area is 360 Å². The van der Waals surface area contributed by atoms with Crippen LogP contribution >= 0.6 is 11.3 Å². The lowest BCUT2D eigenvalue weighted by molar-refractivity contribution is 0.669. The number of para-hydroxylation sites is 2. The van der Waals surface area contributed by atoms with Crippen molar-refractivity contribution in [3.63, 3.8) is 0 Å². The molecule has 13 rings (SSSR count). The highest BCUT2D eigenvalue weighted by atomic mass is 32.1. The lowest BCUT2D eigenvalue weighted by atomic mass is 9.96. The molecule has 0 N–H and O–H groups in total. The fourth-order valence-electron chi connectivity index (χ4n) is 9.53. The van der Waals surface area contributed by atoms with E-state index < -0.39 is 0 Å². The van der Waals surface area contributed by atoms with Crippen LogP contribution in [0.15, 0.2) is 221 Å². The molecule has 0 bridgehead atoms. The lowest BCUT2D eigenvalue weighted by Gasteiger charge is -2.28. The van der Waals surface area contributed by atoms with E-state index in [1.807, 2.05) is 23.5 Å². The third-order valence-electron chi connectivity index (χ3n) is 12.5. The number of rotatable bonds is 6. The third kappa shape index (κ3) is 5.51. The van der Waals surface area contributed by atoms with E-state index in [4.69, 9.17) is 8.83 Å². The van der Waals surface area contributed by atoms with Crippen LogP contribution in [0.2, 0.25) is 0 Å². The van der Waals surface area contributed by atoms with Gasteiger partial charge in [-0.2, -0.15) is 0 Å². The standard InChI is InChI=1S/C58H35NO2S/c1-2-12-39-35-55-50(34-38(39)11-1)57-47(17-10-21-54(57)61-55)44-13-3-6-19-51(44)59(41-28-23-36(24-29-41)40-27-32-53-49(33-40)45-14-4-7-20-52(45)60-53)42-30-25-37(26-31-42)43-16-9-18-48-46-15-5-8-22-56(46)62-58(43)48/h1-35H. The van der Waals surface area contributed by atoms with Crippen molar-refractivity contribution in [1.29, 1.82) is 0 Å². The van der Waals surface area contributed by atoms with Crippen molar-refractivity contribution in [2.75, 3.05) is 4.90 Å². The van der Waals surface area contributed by atoms with Gasteiger partial charge in [-0.25, -0.2) is 0 Å². The number of thiophene rings is 1. The second kappa shape index (κ2) is 13.8. The molecule has 0 spiro atoms. The first-order chi connectivity index (χ1) is 30.7. The van der Waals surface area contributed by atoms with Crippen molar-refractivity contribution < 1.29 is 8.83 Å². The van der Waals surface area contributed by atoms with E-state index in [9.17, 15) is 0 Å². The van der Waals surface area contributed by atoms with Gasteiger partial charge in [-0.15, -0.1) is 11.3 Å². The molecule has 0 fully saturated rings. The predicted octanol–water partition coefficient (Wildman–Crippen LogP) is 17.5. The summed E-state index contributed by atoms with van der Waals surface area (Å²) in [5.41, 5.74) is 13.8. The summed E-state index contributed by atoms with van der Waals surface area (Å²) in [5, 5.41) is 9.45. The van der Waals surface area contributed by atoms with Crippen LogP contribution in [-0.2, 0) is 0 Å². The average molecular weight is 810 g/mol. The van der Waals surface area contributed by atoms with Crippen molar-refractivity contribution in [2.45, 2.75) is 0 Å². The Morgan fingerprint density at radius 3 is 1.79 bits per heavy atom. The molecule has 4 heteroatoms. The average Bonchev–Trinajstić information content (AvgIpc) is 4.02. The predicted molar refractivity (Wildman–Crippen MR) is 262 cm³/mol. The van der Waals surface area contributed by atoms with Gasteiger partial charge in [-0.1, -0.05) is 140 Å². The SMILES string of the molecule is c1ccc(N(c2ccc(-c3ccc4oc5ccccc5c4c3)cc2)c2ccc(-c3cccc4c3sc3ccccc34)cc2)c(-c2cccc3oc4cc5ccccc5cc4c23)c1. The van der Waals surface area contributed by atoms with E-state index >= 15 is 0 Å². The van der Waals surface area contributed by atoms with Gasteiger partial charge in [-0.3, -0.25) is 0 Å². The van der Waals surface area contributed by atoms with Crippen LogP contribution in [0.1, 0.15) is 0 Å². The number of benzene rings is 10. The van der Waals surface area contributed by atoms with E-state index in [1.165, 1.54) is 42.1 Å². The van der Waals surface area contributed by atoms with Crippen molar-refractivity contribution in [2.24, 2.45) is 0 Å². The van der Waals surface area contributed by atoms with Gasteiger partial charge in [0.25, 0.3) is 0 Å². The van der Waals surface area contributed by atoms with E-state index in [-0.39, 0.29) is 0 Å². The van der Waals surface area contributed by atoms with Gasteiger partial charge in [-0.05, 0) is 111 Å². The fourth-order valence-corrected chi connectivity index (χ4v) is 10.8. The zero-order valence-corrected chi connectivity index (χ0v) is 34.2. The lowest BCUT2D eigenvalue weighted by Crippen LogP contribution is -2.11. The van der Waals surface area contributed by atoms with E-state index in [0.717, 1.165) is 83.2 Å². The Morgan fingerprint density at radius 2 is 0.935 bits per heavy atom. The topological polar surface area (TPSA) is 29.5 Å². The molecule has 0 saturated carbocycles. The maximum atomic E-state index is 6.58. The molecule has 0 aliphatic carbocycles. The molecule has 3 heterocycles. The van der Waals surface area contributed by atoms with Crippen LogP contribution in [0.5, 0.6) is 0 Å². The van der Waals surface area contributed by atoms with Crippen molar-refractivity contribution >= 4 is 103 Å². The number of hydrogen-bond donors (Lipinski definition) is 0. The van der Waals surface area contributed by atoms with Crippen LogP contribution in [0.4, 0.5) is 17.1 Å². The van der Waals surface area contributed by atoms with Crippen LogP contribution < -0.4 is 4.90 Å². The van der Waals surface area contributed by atoms with Gasteiger partial charge in [0, 0.05) is 58.7 Å². The molecule has 290 valence electrons. The highest BCUT2D eigenvalue weighted by molar-refractivity contribution is 7.26. The van der Waals surface area contributed by atoms with Crippen LogP contribution in [-0.4, -0.2) is 0 Å². The summed E-state index contributed by atoms with van der Waals surface area (Å²) in [6.07, 6.45) is 0. The zero-order valence-electron chi connectivity index (χ0n) is 33.4. The van der Waals surface area contributed by atoms with E-state index in [0.29, 0.717) is 0 Å². The molecule has 0 aliphatic rings. The minimum atomic E-state index is 0.876. The largest absolute Gasteiger partial charge is 0.456 e. The second-order valence-corrected chi connectivity index (χ2v) is 17.1. The molecular formula is C58H35NO2S. The molecule has 10 aromatic carbocycles. The maximum Gasteiger partial charge on any atom is 0.136 e. The number of nitrogens with zero attached hydrogens (tertiary/aromatic N) is 1. The summed E-state index contributed by atoms with van der Waals surface area (Å²) in [5.74, 6) is 0.